The number of amides is 1. The maximum absolute atomic E-state index is 12.5. The Hall–Kier alpha value is -4.70. The van der Waals surface area contributed by atoms with Crippen molar-refractivity contribution in [3.8, 4) is 22.9 Å². The Labute approximate surface area is 235 Å². The molecule has 1 amide bonds. The minimum absolute atomic E-state index is 0.0617. The van der Waals surface area contributed by atoms with Crippen LogP contribution in [0.4, 0.5) is 0 Å². The van der Waals surface area contributed by atoms with Crippen LogP contribution < -0.4 is 19.6 Å². The Balaban J connectivity index is 1.33. The van der Waals surface area contributed by atoms with Crippen molar-refractivity contribution in [2.45, 2.75) is 33.5 Å². The second kappa shape index (κ2) is 12.4. The molecule has 4 aromatic rings. The molecule has 2 heterocycles. The number of nitrogens with one attached hydrogen (secondary N) is 1. The van der Waals surface area contributed by atoms with Gasteiger partial charge in [0.05, 0.1) is 18.3 Å². The van der Waals surface area contributed by atoms with Crippen LogP contribution in [-0.4, -0.2) is 41.0 Å². The van der Waals surface area contributed by atoms with Crippen LogP contribution in [0.2, 0.25) is 5.02 Å². The van der Waals surface area contributed by atoms with Crippen molar-refractivity contribution in [3.63, 3.8) is 0 Å². The number of benzene rings is 2. The van der Waals surface area contributed by atoms with Crippen LogP contribution in [0, 0.1) is 13.8 Å². The maximum atomic E-state index is 12.5. The molecule has 0 aliphatic heterocycles. The van der Waals surface area contributed by atoms with E-state index in [1.165, 1.54) is 32.4 Å². The fourth-order valence-corrected chi connectivity index (χ4v) is 4.14. The Morgan fingerprint density at radius 3 is 2.45 bits per heavy atom. The highest BCUT2D eigenvalue weighted by Crippen LogP contribution is 2.36. The summed E-state index contributed by atoms with van der Waals surface area (Å²) in [5, 5.41) is 13.1. The first-order chi connectivity index (χ1) is 19.2. The number of furan rings is 1. The number of rotatable bonds is 11. The van der Waals surface area contributed by atoms with Gasteiger partial charge >= 0.3 is 11.9 Å². The van der Waals surface area contributed by atoms with Crippen LogP contribution in [-0.2, 0) is 11.4 Å². The molecule has 0 radical (unpaired) electrons. The van der Waals surface area contributed by atoms with E-state index in [4.69, 9.17) is 35.3 Å². The highest BCUT2D eigenvalue weighted by Gasteiger charge is 2.19. The normalized spacial score (nSPS) is 11.8. The van der Waals surface area contributed by atoms with Crippen LogP contribution in [0.3, 0.4) is 0 Å². The SMILES string of the molecule is COc1cc(/C=N/NC(=O)c2ccc(COc3ccc(-n4c(C)ccc4C)cc3)o2)cc(Cl)c1O[C@H](C)C(=O)O. The van der Waals surface area contributed by atoms with E-state index in [1.54, 1.807) is 12.1 Å². The smallest absolute Gasteiger partial charge is 0.344 e. The minimum atomic E-state index is -1.15. The lowest BCUT2D eigenvalue weighted by molar-refractivity contribution is -0.144. The number of hydrogen-bond donors (Lipinski definition) is 2. The Kier molecular flexibility index (Phi) is 8.80. The molecule has 11 heteroatoms. The van der Waals surface area contributed by atoms with E-state index < -0.39 is 18.0 Å². The van der Waals surface area contributed by atoms with E-state index in [9.17, 15) is 9.59 Å². The number of aryl methyl sites for hydroxylation is 2. The number of aliphatic carboxylic acids is 1. The summed E-state index contributed by atoms with van der Waals surface area (Å²) >= 11 is 6.24. The van der Waals surface area contributed by atoms with Crippen molar-refractivity contribution in [1.82, 2.24) is 9.99 Å². The number of hydrogen-bond acceptors (Lipinski definition) is 7. The zero-order chi connectivity index (χ0) is 28.8. The van der Waals surface area contributed by atoms with Crippen molar-refractivity contribution in [1.29, 1.82) is 0 Å². The third kappa shape index (κ3) is 6.65. The molecule has 2 aromatic heterocycles. The quantitative estimate of drug-likeness (QED) is 0.180. The van der Waals surface area contributed by atoms with Gasteiger partial charge in [-0.05, 0) is 87.0 Å². The Morgan fingerprint density at radius 2 is 1.80 bits per heavy atom. The average Bonchev–Trinajstić information content (AvgIpc) is 3.55. The lowest BCUT2D eigenvalue weighted by Crippen LogP contribution is -2.23. The second-order valence-electron chi connectivity index (χ2n) is 8.83. The molecular weight excluding hydrogens is 538 g/mol. The predicted octanol–water partition coefficient (Wildman–Crippen LogP) is 5.54. The van der Waals surface area contributed by atoms with Crippen molar-refractivity contribution in [2.75, 3.05) is 7.11 Å². The molecule has 0 aliphatic rings. The summed E-state index contributed by atoms with van der Waals surface area (Å²) in [4.78, 5) is 23.6. The van der Waals surface area contributed by atoms with Crippen LogP contribution >= 0.6 is 11.6 Å². The molecule has 0 spiro atoms. The highest BCUT2D eigenvalue weighted by molar-refractivity contribution is 6.32. The van der Waals surface area contributed by atoms with Gasteiger partial charge in [-0.2, -0.15) is 5.10 Å². The largest absolute Gasteiger partial charge is 0.493 e. The van der Waals surface area contributed by atoms with Gasteiger partial charge in [-0.25, -0.2) is 10.2 Å². The molecule has 0 saturated heterocycles. The van der Waals surface area contributed by atoms with Gasteiger partial charge in [0.1, 0.15) is 18.1 Å². The molecule has 0 unspecified atom stereocenters. The first-order valence-corrected chi connectivity index (χ1v) is 12.6. The molecule has 0 aliphatic carbocycles. The first kappa shape index (κ1) is 28.3. The molecule has 10 nitrogen and oxygen atoms in total. The van der Waals surface area contributed by atoms with Gasteiger partial charge in [-0.3, -0.25) is 4.79 Å². The predicted molar refractivity (Wildman–Crippen MR) is 149 cm³/mol. The lowest BCUT2D eigenvalue weighted by Gasteiger charge is -2.15. The Bertz CT molecular complexity index is 1520. The van der Waals surface area contributed by atoms with E-state index in [0.717, 1.165) is 17.1 Å². The summed E-state index contributed by atoms with van der Waals surface area (Å²) in [5.74, 6) is -0.198. The van der Waals surface area contributed by atoms with Gasteiger partial charge in [0.15, 0.2) is 23.4 Å². The van der Waals surface area contributed by atoms with Gasteiger partial charge in [0.2, 0.25) is 0 Å². The summed E-state index contributed by atoms with van der Waals surface area (Å²) in [6, 6.07) is 18.1. The number of nitrogens with zero attached hydrogens (tertiary/aromatic N) is 2. The molecule has 2 N–H and O–H groups in total. The van der Waals surface area contributed by atoms with Gasteiger partial charge in [-0.15, -0.1) is 0 Å². The standard InChI is InChI=1S/C29H28ClN3O7/c1-17-5-6-18(2)33(17)21-7-9-22(10-8-21)38-16-23-11-12-25(40-23)28(34)32-31-15-20-13-24(30)27(26(14-20)37-4)39-19(3)29(35)36/h5-15,19H,16H2,1-4H3,(H,32,34)(H,35,36)/b31-15+/t19-/m1/s1. The van der Waals surface area contributed by atoms with E-state index in [-0.39, 0.29) is 28.9 Å². The number of carbonyl (C=O) groups is 2. The van der Waals surface area contributed by atoms with Gasteiger partial charge < -0.3 is 28.3 Å². The second-order valence-corrected chi connectivity index (χ2v) is 9.24. The van der Waals surface area contributed by atoms with Crippen LogP contribution in [0.25, 0.3) is 5.69 Å². The molecular formula is C29H28ClN3O7. The molecule has 2 aromatic carbocycles. The highest BCUT2D eigenvalue weighted by atomic mass is 35.5. The molecule has 0 fully saturated rings. The number of methoxy groups -OCH3 is 1. The topological polar surface area (TPSA) is 125 Å². The number of carboxylic acids is 1. The van der Waals surface area contributed by atoms with Crippen molar-refractivity contribution >= 4 is 29.7 Å². The molecule has 208 valence electrons. The minimum Gasteiger partial charge on any atom is -0.493 e. The molecule has 4 rings (SSSR count). The third-order valence-electron chi connectivity index (χ3n) is 5.91. The van der Waals surface area contributed by atoms with Crippen LogP contribution in [0.1, 0.15) is 40.2 Å². The number of carbonyl (C=O) groups excluding carboxylic acids is 1. The molecule has 1 atom stereocenters. The molecule has 40 heavy (non-hydrogen) atoms. The van der Waals surface area contributed by atoms with E-state index >= 15 is 0 Å². The summed E-state index contributed by atoms with van der Waals surface area (Å²) < 4.78 is 24.2. The summed E-state index contributed by atoms with van der Waals surface area (Å²) in [6.45, 7) is 5.63. The van der Waals surface area contributed by atoms with Crippen molar-refractivity contribution < 1.29 is 33.3 Å². The summed E-state index contributed by atoms with van der Waals surface area (Å²) in [6.07, 6.45) is 0.224. The summed E-state index contributed by atoms with van der Waals surface area (Å²) in [5.41, 5.74) is 6.21. The molecule has 0 saturated carbocycles. The monoisotopic (exact) mass is 565 g/mol. The van der Waals surface area contributed by atoms with E-state index in [2.05, 4.69) is 41.1 Å². The van der Waals surface area contributed by atoms with Gasteiger partial charge in [0.25, 0.3) is 0 Å². The zero-order valence-electron chi connectivity index (χ0n) is 22.3. The van der Waals surface area contributed by atoms with Crippen molar-refractivity contribution in [2.24, 2.45) is 5.10 Å². The average molecular weight is 566 g/mol. The maximum Gasteiger partial charge on any atom is 0.344 e. The number of hydrazone groups is 1. The fourth-order valence-electron chi connectivity index (χ4n) is 3.88. The third-order valence-corrected chi connectivity index (χ3v) is 6.19. The lowest BCUT2D eigenvalue weighted by atomic mass is 10.2. The Morgan fingerprint density at radius 1 is 1.10 bits per heavy atom. The zero-order valence-corrected chi connectivity index (χ0v) is 23.1. The van der Waals surface area contributed by atoms with E-state index in [1.807, 2.05) is 24.3 Å². The fraction of sp³-hybridized carbons (Fsp3) is 0.207. The summed E-state index contributed by atoms with van der Waals surface area (Å²) in [7, 11) is 1.39. The van der Waals surface area contributed by atoms with Crippen LogP contribution in [0.15, 0.2) is 70.2 Å². The van der Waals surface area contributed by atoms with E-state index in [0.29, 0.717) is 17.1 Å². The number of aromatic nitrogens is 1. The molecule has 0 bridgehead atoms. The first-order valence-electron chi connectivity index (χ1n) is 12.2. The number of carboxylic acid groups (broad SMARTS) is 1. The number of halogens is 1. The number of ether oxygens (including phenoxy) is 3. The van der Waals surface area contributed by atoms with Crippen LogP contribution in [0.5, 0.6) is 17.2 Å². The van der Waals surface area contributed by atoms with Gasteiger partial charge in [-0.1, -0.05) is 11.6 Å². The van der Waals surface area contributed by atoms with Crippen molar-refractivity contribution in [3.05, 3.63) is 94.2 Å². The van der Waals surface area contributed by atoms with Gasteiger partial charge in [0, 0.05) is 17.1 Å².